The summed E-state index contributed by atoms with van der Waals surface area (Å²) in [6, 6.07) is 11.5. The number of fused-ring (bicyclic) bond motifs is 1. The van der Waals surface area contributed by atoms with Crippen LogP contribution >= 0.6 is 0 Å². The molecular formula is C40H44F6N4O5S. The van der Waals surface area contributed by atoms with Crippen LogP contribution in [-0.2, 0) is 27.3 Å². The fourth-order valence-electron chi connectivity index (χ4n) is 7.41. The maximum Gasteiger partial charge on any atom is 0.416 e. The van der Waals surface area contributed by atoms with E-state index in [4.69, 9.17) is 14.5 Å². The van der Waals surface area contributed by atoms with Crippen molar-refractivity contribution in [3.05, 3.63) is 89.0 Å². The van der Waals surface area contributed by atoms with Crippen LogP contribution in [0.3, 0.4) is 0 Å². The van der Waals surface area contributed by atoms with Crippen molar-refractivity contribution < 1.29 is 49.0 Å². The Balaban J connectivity index is 1.61. The van der Waals surface area contributed by atoms with Crippen LogP contribution in [0, 0.1) is 0 Å². The fourth-order valence-corrected chi connectivity index (χ4v) is 8.72. The third-order valence-corrected chi connectivity index (χ3v) is 12.5. The van der Waals surface area contributed by atoms with Gasteiger partial charge in [-0.2, -0.15) is 26.3 Å². The summed E-state index contributed by atoms with van der Waals surface area (Å²) in [5.41, 5.74) is -2.12. The van der Waals surface area contributed by atoms with Crippen molar-refractivity contribution in [3.63, 3.8) is 0 Å². The Morgan fingerprint density at radius 3 is 2.23 bits per heavy atom. The smallest absolute Gasteiger partial charge is 0.416 e. The number of halogens is 6. The zero-order valence-electron chi connectivity index (χ0n) is 31.2. The first-order valence-corrected chi connectivity index (χ1v) is 20.1. The first-order valence-electron chi connectivity index (χ1n) is 18.5. The molecule has 2 fully saturated rings. The molecule has 0 bridgehead atoms. The van der Waals surface area contributed by atoms with E-state index in [-0.39, 0.29) is 63.8 Å². The predicted octanol–water partition coefficient (Wildman–Crippen LogP) is 7.83. The Labute approximate surface area is 321 Å². The molecule has 0 radical (unpaired) electrons. The number of benzene rings is 3. The van der Waals surface area contributed by atoms with Gasteiger partial charge in [-0.1, -0.05) is 42.5 Å². The van der Waals surface area contributed by atoms with E-state index in [1.54, 1.807) is 6.92 Å². The molecule has 0 unspecified atom stereocenters. The van der Waals surface area contributed by atoms with E-state index >= 15 is 0 Å². The predicted molar refractivity (Wildman–Crippen MR) is 199 cm³/mol. The number of piperidine rings is 1. The van der Waals surface area contributed by atoms with E-state index in [2.05, 4.69) is 10.2 Å². The topological polar surface area (TPSA) is 101 Å². The molecule has 56 heavy (non-hydrogen) atoms. The number of carbonyl (C=O) groups is 1. The van der Waals surface area contributed by atoms with Crippen LogP contribution in [-0.4, -0.2) is 92.6 Å². The number of hydrogen-bond donors (Lipinski definition) is 1. The summed E-state index contributed by atoms with van der Waals surface area (Å²) >= 11 is 0. The summed E-state index contributed by atoms with van der Waals surface area (Å²) in [5.74, 6) is -1.31. The Morgan fingerprint density at radius 1 is 0.946 bits per heavy atom. The number of carbonyl (C=O) groups excluding carboxylic acids is 1. The van der Waals surface area contributed by atoms with Crippen molar-refractivity contribution in [2.24, 2.45) is 0 Å². The molecule has 9 nitrogen and oxygen atoms in total. The number of ether oxygens (including phenoxy) is 2. The van der Waals surface area contributed by atoms with Gasteiger partial charge in [-0.25, -0.2) is 13.4 Å². The molecular weight excluding hydrogens is 763 g/mol. The van der Waals surface area contributed by atoms with Gasteiger partial charge in [-0.15, -0.1) is 0 Å². The lowest BCUT2D eigenvalue weighted by Crippen LogP contribution is -2.48. The molecule has 16 heteroatoms. The largest absolute Gasteiger partial charge is 0.492 e. The number of pyridine rings is 1. The Kier molecular flexibility index (Phi) is 12.3. The van der Waals surface area contributed by atoms with Gasteiger partial charge in [-0.3, -0.25) is 14.6 Å². The van der Waals surface area contributed by atoms with Gasteiger partial charge in [0.05, 0.1) is 47.4 Å². The zero-order valence-corrected chi connectivity index (χ0v) is 32.0. The van der Waals surface area contributed by atoms with Crippen molar-refractivity contribution in [1.82, 2.24) is 20.1 Å². The highest BCUT2D eigenvalue weighted by Gasteiger charge is 2.43. The number of alkyl halides is 6. The SMILES string of the molecule is CCOc1ccc2c(C(=O)N[C@H](c3ccccc3)C(F)(F)F)c(CN3CCC(N4CCOCC4)CC3)c(-c3cccc(C(F)(F)F)c3)nc2c1S(=O)(=O)C(C)C. The van der Waals surface area contributed by atoms with Crippen molar-refractivity contribution in [3.8, 4) is 17.0 Å². The number of amides is 1. The Hall–Kier alpha value is -4.25. The number of likely N-dealkylation sites (tertiary alicyclic amines) is 1. The first-order chi connectivity index (χ1) is 26.5. The normalized spacial score (nSPS) is 17.3. The minimum absolute atomic E-state index is 0.0305. The number of aromatic nitrogens is 1. The number of hydrogen-bond acceptors (Lipinski definition) is 8. The second-order valence-electron chi connectivity index (χ2n) is 14.2. The van der Waals surface area contributed by atoms with E-state index in [1.807, 2.05) is 4.90 Å². The van der Waals surface area contributed by atoms with Gasteiger partial charge in [0, 0.05) is 42.2 Å². The second kappa shape index (κ2) is 16.7. The van der Waals surface area contributed by atoms with E-state index < -0.39 is 49.8 Å². The molecule has 6 rings (SSSR count). The van der Waals surface area contributed by atoms with Crippen LogP contribution in [0.2, 0.25) is 0 Å². The summed E-state index contributed by atoms with van der Waals surface area (Å²) in [4.78, 5) is 23.4. The highest BCUT2D eigenvalue weighted by Crippen LogP contribution is 2.42. The van der Waals surface area contributed by atoms with Crippen molar-refractivity contribution in [2.45, 2.75) is 74.7 Å². The van der Waals surface area contributed by atoms with E-state index in [1.165, 1.54) is 68.4 Å². The van der Waals surface area contributed by atoms with E-state index in [0.717, 1.165) is 38.1 Å². The Morgan fingerprint density at radius 2 is 1.62 bits per heavy atom. The molecule has 1 N–H and O–H groups in total. The zero-order chi connectivity index (χ0) is 40.4. The second-order valence-corrected chi connectivity index (χ2v) is 16.7. The molecule has 1 aromatic heterocycles. The molecule has 302 valence electrons. The molecule has 1 atom stereocenters. The summed E-state index contributed by atoms with van der Waals surface area (Å²) in [6.07, 6.45) is -8.29. The maximum atomic E-state index is 14.8. The molecule has 4 aromatic rings. The molecule has 0 spiro atoms. The minimum atomic E-state index is -4.96. The Bertz CT molecular complexity index is 2130. The van der Waals surface area contributed by atoms with Gasteiger partial charge in [0.1, 0.15) is 10.6 Å². The van der Waals surface area contributed by atoms with Gasteiger partial charge >= 0.3 is 12.4 Å². The summed E-state index contributed by atoms with van der Waals surface area (Å²) < 4.78 is 126. The van der Waals surface area contributed by atoms with Crippen LogP contribution in [0.1, 0.15) is 66.7 Å². The number of morpholine rings is 1. The van der Waals surface area contributed by atoms with Gasteiger partial charge in [0.15, 0.2) is 15.9 Å². The molecule has 0 saturated carbocycles. The standard InChI is InChI=1S/C40H44F6N4O5S/c1-4-55-32-14-13-30-33(38(51)48-37(40(44,45)46)26-9-6-5-7-10-26)31(24-49-17-15-29(16-18-49)50-19-21-54-22-20-50)34(27-11-8-12-28(23-27)39(41,42)43)47-35(30)36(32)56(52,53)25(2)3/h5-14,23,25,29,37H,4,15-22,24H2,1-3H3,(H,48,51)/t37-/m1/s1. The average molecular weight is 807 g/mol. The van der Waals surface area contributed by atoms with Crippen LogP contribution < -0.4 is 10.1 Å². The van der Waals surface area contributed by atoms with Crippen LogP contribution in [0.5, 0.6) is 5.75 Å². The molecule has 2 saturated heterocycles. The molecule has 2 aliphatic heterocycles. The average Bonchev–Trinajstić information content (AvgIpc) is 3.16. The van der Waals surface area contributed by atoms with Crippen LogP contribution in [0.15, 0.2) is 71.6 Å². The van der Waals surface area contributed by atoms with Crippen LogP contribution in [0.25, 0.3) is 22.2 Å². The van der Waals surface area contributed by atoms with Crippen molar-refractivity contribution in [2.75, 3.05) is 46.0 Å². The third kappa shape index (κ3) is 8.82. The molecule has 3 aromatic carbocycles. The third-order valence-electron chi connectivity index (χ3n) is 10.3. The summed E-state index contributed by atoms with van der Waals surface area (Å²) in [7, 11) is -4.28. The lowest BCUT2D eigenvalue weighted by Gasteiger charge is -2.40. The van der Waals surface area contributed by atoms with Gasteiger partial charge in [-0.05, 0) is 76.5 Å². The number of rotatable bonds is 11. The van der Waals surface area contributed by atoms with Gasteiger partial charge in [0.25, 0.3) is 5.91 Å². The molecule has 1 amide bonds. The highest BCUT2D eigenvalue weighted by atomic mass is 32.2. The number of sulfone groups is 1. The van der Waals surface area contributed by atoms with Crippen molar-refractivity contribution >= 4 is 26.6 Å². The lowest BCUT2D eigenvalue weighted by molar-refractivity contribution is -0.155. The molecule has 3 heterocycles. The maximum absolute atomic E-state index is 14.8. The first kappa shape index (κ1) is 41.4. The molecule has 0 aliphatic carbocycles. The monoisotopic (exact) mass is 806 g/mol. The highest BCUT2D eigenvalue weighted by molar-refractivity contribution is 7.92. The van der Waals surface area contributed by atoms with Crippen LogP contribution in [0.4, 0.5) is 26.3 Å². The van der Waals surface area contributed by atoms with Crippen molar-refractivity contribution in [1.29, 1.82) is 0 Å². The van der Waals surface area contributed by atoms with E-state index in [0.29, 0.717) is 26.3 Å². The molecule has 2 aliphatic rings. The number of nitrogens with zero attached hydrogens (tertiary/aromatic N) is 3. The summed E-state index contributed by atoms with van der Waals surface area (Å²) in [6.45, 7) is 8.23. The summed E-state index contributed by atoms with van der Waals surface area (Å²) in [5, 5.41) is 1.03. The van der Waals surface area contributed by atoms with E-state index in [9.17, 15) is 39.6 Å². The lowest BCUT2D eigenvalue weighted by atomic mass is 9.93. The quantitative estimate of drug-likeness (QED) is 0.153. The van der Waals surface area contributed by atoms with Gasteiger partial charge in [0.2, 0.25) is 0 Å². The number of nitrogens with one attached hydrogen (secondary N) is 1. The van der Waals surface area contributed by atoms with Gasteiger partial charge < -0.3 is 14.8 Å². The minimum Gasteiger partial charge on any atom is -0.492 e. The fraction of sp³-hybridized carbons (Fsp3) is 0.450.